The number of halogens is 1. The maximum Gasteiger partial charge on any atom is 0.252 e. The van der Waals surface area contributed by atoms with Gasteiger partial charge in [0.2, 0.25) is 0 Å². The van der Waals surface area contributed by atoms with E-state index in [4.69, 9.17) is 11.6 Å². The molecule has 3 heteroatoms. The Balaban J connectivity index is 2.07. The second-order valence-corrected chi connectivity index (χ2v) is 4.48. The van der Waals surface area contributed by atoms with Gasteiger partial charge in [-0.3, -0.25) is 4.79 Å². The first-order valence-corrected chi connectivity index (χ1v) is 5.79. The van der Waals surface area contributed by atoms with Crippen molar-refractivity contribution in [3.8, 4) is 0 Å². The average molecular weight is 244 g/mol. The van der Waals surface area contributed by atoms with E-state index < -0.39 is 0 Å². The Morgan fingerprint density at radius 2 is 1.71 bits per heavy atom. The highest BCUT2D eigenvalue weighted by Crippen LogP contribution is 2.30. The van der Waals surface area contributed by atoms with Gasteiger partial charge in [0.25, 0.3) is 5.91 Å². The second-order valence-electron chi connectivity index (χ2n) is 4.05. The molecule has 17 heavy (non-hydrogen) atoms. The summed E-state index contributed by atoms with van der Waals surface area (Å²) in [6.45, 7) is 0. The van der Waals surface area contributed by atoms with Crippen molar-refractivity contribution in [1.82, 2.24) is 5.32 Å². The van der Waals surface area contributed by atoms with E-state index in [1.807, 2.05) is 48.5 Å². The molecule has 0 aliphatic carbocycles. The molecule has 1 aliphatic rings. The van der Waals surface area contributed by atoms with Crippen LogP contribution in [0.4, 0.5) is 0 Å². The number of fused-ring (bicyclic) bond motifs is 1. The summed E-state index contributed by atoms with van der Waals surface area (Å²) in [4.78, 5) is 11.8. The standard InChI is InChI=1S/C14H10ClNO/c15-10-7-5-9(6-8-10)13-11-3-1-2-4-12(11)14(17)16-13/h1-8,13H,(H,16,17). The van der Waals surface area contributed by atoms with Gasteiger partial charge in [-0.25, -0.2) is 0 Å². The van der Waals surface area contributed by atoms with Crippen LogP contribution in [0, 0.1) is 0 Å². The minimum Gasteiger partial charge on any atom is -0.341 e. The molecule has 1 unspecified atom stereocenters. The monoisotopic (exact) mass is 243 g/mol. The van der Waals surface area contributed by atoms with E-state index in [9.17, 15) is 4.79 Å². The summed E-state index contributed by atoms with van der Waals surface area (Å²) in [5.41, 5.74) is 2.83. The van der Waals surface area contributed by atoms with E-state index in [0.29, 0.717) is 5.02 Å². The Hall–Kier alpha value is -1.80. The van der Waals surface area contributed by atoms with Crippen molar-refractivity contribution in [3.05, 3.63) is 70.2 Å². The molecule has 1 aliphatic heterocycles. The van der Waals surface area contributed by atoms with Crippen LogP contribution >= 0.6 is 11.6 Å². The lowest BCUT2D eigenvalue weighted by Crippen LogP contribution is -2.19. The van der Waals surface area contributed by atoms with Crippen molar-refractivity contribution < 1.29 is 4.79 Å². The summed E-state index contributed by atoms with van der Waals surface area (Å²) in [6.07, 6.45) is 0. The Morgan fingerprint density at radius 1 is 1.00 bits per heavy atom. The molecule has 2 nitrogen and oxygen atoms in total. The molecule has 2 aromatic rings. The molecule has 1 amide bonds. The van der Waals surface area contributed by atoms with Crippen LogP contribution in [0.3, 0.4) is 0 Å². The first-order chi connectivity index (χ1) is 8.25. The number of rotatable bonds is 1. The van der Waals surface area contributed by atoms with E-state index >= 15 is 0 Å². The van der Waals surface area contributed by atoms with E-state index in [2.05, 4.69) is 5.32 Å². The van der Waals surface area contributed by atoms with Crippen molar-refractivity contribution in [2.24, 2.45) is 0 Å². The second kappa shape index (κ2) is 3.90. The number of nitrogens with one attached hydrogen (secondary N) is 1. The molecule has 2 aromatic carbocycles. The van der Waals surface area contributed by atoms with Gasteiger partial charge in [0.15, 0.2) is 0 Å². The van der Waals surface area contributed by atoms with Gasteiger partial charge >= 0.3 is 0 Å². The van der Waals surface area contributed by atoms with E-state index in [-0.39, 0.29) is 11.9 Å². The molecule has 3 rings (SSSR count). The summed E-state index contributed by atoms with van der Waals surface area (Å²) in [5.74, 6) is -0.0134. The van der Waals surface area contributed by atoms with Gasteiger partial charge in [0.05, 0.1) is 6.04 Å². The molecule has 1 atom stereocenters. The SMILES string of the molecule is O=C1NC(c2ccc(Cl)cc2)c2ccccc21. The average Bonchev–Trinajstić information content (AvgIpc) is 2.69. The zero-order valence-electron chi connectivity index (χ0n) is 8.98. The third-order valence-corrected chi connectivity index (χ3v) is 3.25. The van der Waals surface area contributed by atoms with Crippen LogP contribution in [0.15, 0.2) is 48.5 Å². The Morgan fingerprint density at radius 3 is 2.47 bits per heavy atom. The van der Waals surface area contributed by atoms with Crippen molar-refractivity contribution in [1.29, 1.82) is 0 Å². The maximum atomic E-state index is 11.8. The van der Waals surface area contributed by atoms with Crippen LogP contribution in [0.2, 0.25) is 5.02 Å². The van der Waals surface area contributed by atoms with Crippen LogP contribution in [-0.2, 0) is 0 Å². The first-order valence-electron chi connectivity index (χ1n) is 5.41. The molecule has 84 valence electrons. The molecule has 0 fully saturated rings. The summed E-state index contributed by atoms with van der Waals surface area (Å²) in [5, 5.41) is 3.67. The topological polar surface area (TPSA) is 29.1 Å². The van der Waals surface area contributed by atoms with Crippen LogP contribution in [0.25, 0.3) is 0 Å². The summed E-state index contributed by atoms with van der Waals surface area (Å²) < 4.78 is 0. The number of hydrogen-bond acceptors (Lipinski definition) is 1. The fourth-order valence-electron chi connectivity index (χ4n) is 2.16. The highest BCUT2D eigenvalue weighted by molar-refractivity contribution is 6.30. The molecule has 1 N–H and O–H groups in total. The van der Waals surface area contributed by atoms with Crippen LogP contribution in [0.5, 0.6) is 0 Å². The minimum absolute atomic E-state index is 0.0134. The normalized spacial score (nSPS) is 17.7. The maximum absolute atomic E-state index is 11.8. The molecule has 0 radical (unpaired) electrons. The Bertz CT molecular complexity index is 577. The van der Waals surface area contributed by atoms with E-state index in [0.717, 1.165) is 16.7 Å². The number of carbonyl (C=O) groups excluding carboxylic acids is 1. The van der Waals surface area contributed by atoms with Crippen LogP contribution in [0.1, 0.15) is 27.5 Å². The predicted molar refractivity (Wildman–Crippen MR) is 67.2 cm³/mol. The van der Waals surface area contributed by atoms with Crippen molar-refractivity contribution in [2.75, 3.05) is 0 Å². The summed E-state index contributed by atoms with van der Waals surface area (Å²) in [6, 6.07) is 15.1. The largest absolute Gasteiger partial charge is 0.341 e. The quantitative estimate of drug-likeness (QED) is 0.819. The number of benzene rings is 2. The first kappa shape index (κ1) is 10.4. The van der Waals surface area contributed by atoms with Gasteiger partial charge in [-0.05, 0) is 29.3 Å². The predicted octanol–water partition coefficient (Wildman–Crippen LogP) is 3.17. The van der Waals surface area contributed by atoms with Gasteiger partial charge in [0, 0.05) is 10.6 Å². The summed E-state index contributed by atoms with van der Waals surface area (Å²) in [7, 11) is 0. The van der Waals surface area contributed by atoms with Gasteiger partial charge in [-0.2, -0.15) is 0 Å². The van der Waals surface area contributed by atoms with Gasteiger partial charge < -0.3 is 5.32 Å². The molecule has 0 bridgehead atoms. The molecular formula is C14H10ClNO. The number of carbonyl (C=O) groups is 1. The Kier molecular flexibility index (Phi) is 2.37. The van der Waals surface area contributed by atoms with Crippen molar-refractivity contribution in [3.63, 3.8) is 0 Å². The zero-order chi connectivity index (χ0) is 11.8. The minimum atomic E-state index is -0.0593. The lowest BCUT2D eigenvalue weighted by atomic mass is 9.99. The molecule has 0 saturated heterocycles. The van der Waals surface area contributed by atoms with Gasteiger partial charge in [-0.15, -0.1) is 0 Å². The third-order valence-electron chi connectivity index (χ3n) is 3.00. The highest BCUT2D eigenvalue weighted by Gasteiger charge is 2.28. The fraction of sp³-hybridized carbons (Fsp3) is 0.0714. The number of hydrogen-bond donors (Lipinski definition) is 1. The van der Waals surface area contributed by atoms with E-state index in [1.54, 1.807) is 0 Å². The Labute approximate surface area is 104 Å². The lowest BCUT2D eigenvalue weighted by Gasteiger charge is -2.11. The summed E-state index contributed by atoms with van der Waals surface area (Å²) >= 11 is 5.86. The molecule has 1 heterocycles. The van der Waals surface area contributed by atoms with Gasteiger partial charge in [0.1, 0.15) is 0 Å². The third kappa shape index (κ3) is 1.71. The van der Waals surface area contributed by atoms with Crippen LogP contribution < -0.4 is 5.32 Å². The smallest absolute Gasteiger partial charge is 0.252 e. The fourth-order valence-corrected chi connectivity index (χ4v) is 2.29. The molecule has 0 spiro atoms. The number of amides is 1. The van der Waals surface area contributed by atoms with Crippen molar-refractivity contribution >= 4 is 17.5 Å². The van der Waals surface area contributed by atoms with E-state index in [1.165, 1.54) is 0 Å². The molecular weight excluding hydrogens is 234 g/mol. The zero-order valence-corrected chi connectivity index (χ0v) is 9.74. The molecule has 0 aromatic heterocycles. The molecule has 0 saturated carbocycles. The van der Waals surface area contributed by atoms with Crippen LogP contribution in [-0.4, -0.2) is 5.91 Å². The highest BCUT2D eigenvalue weighted by atomic mass is 35.5. The lowest BCUT2D eigenvalue weighted by molar-refractivity contribution is 0.0960. The van der Waals surface area contributed by atoms with Crippen molar-refractivity contribution in [2.45, 2.75) is 6.04 Å². The van der Waals surface area contributed by atoms with Gasteiger partial charge in [-0.1, -0.05) is 41.9 Å².